The molecule has 1 fully saturated rings. The summed E-state index contributed by atoms with van der Waals surface area (Å²) in [6.45, 7) is 6.68. The summed E-state index contributed by atoms with van der Waals surface area (Å²) in [4.78, 5) is 11.2. The molecule has 0 bridgehead atoms. The Labute approximate surface area is 126 Å². The van der Waals surface area contributed by atoms with Crippen molar-refractivity contribution >= 4 is 17.0 Å². The third-order valence-corrected chi connectivity index (χ3v) is 4.83. The first-order valence-corrected chi connectivity index (χ1v) is 7.70. The number of rotatable bonds is 3. The standard InChI is InChI=1S/C17H23ClO2/c1-12-9-10-14(15(11-12)20-16(18)19)17(2,3)13-7-5-4-6-8-13/h4-8,12,14-15H,9-11H2,1-3H3/t12-,14-,15-/m1/s1. The van der Waals surface area contributed by atoms with Crippen LogP contribution in [0.5, 0.6) is 0 Å². The van der Waals surface area contributed by atoms with Gasteiger partial charge in [0.15, 0.2) is 0 Å². The first-order valence-electron chi connectivity index (χ1n) is 7.33. The molecular weight excluding hydrogens is 272 g/mol. The van der Waals surface area contributed by atoms with Gasteiger partial charge >= 0.3 is 5.43 Å². The van der Waals surface area contributed by atoms with Crippen LogP contribution in [0.2, 0.25) is 0 Å². The van der Waals surface area contributed by atoms with Gasteiger partial charge in [-0.05, 0) is 29.7 Å². The fourth-order valence-electron chi connectivity index (χ4n) is 3.49. The number of ether oxygens (including phenoxy) is 1. The third-order valence-electron chi connectivity index (χ3n) is 4.74. The van der Waals surface area contributed by atoms with E-state index in [0.29, 0.717) is 11.8 Å². The van der Waals surface area contributed by atoms with Gasteiger partial charge in [-0.25, -0.2) is 4.79 Å². The maximum Gasteiger partial charge on any atom is 0.404 e. The van der Waals surface area contributed by atoms with Gasteiger partial charge in [0.05, 0.1) is 0 Å². The van der Waals surface area contributed by atoms with Crippen LogP contribution in [0.3, 0.4) is 0 Å². The van der Waals surface area contributed by atoms with Crippen molar-refractivity contribution in [3.8, 4) is 0 Å². The highest BCUT2D eigenvalue weighted by Crippen LogP contribution is 2.43. The summed E-state index contributed by atoms with van der Waals surface area (Å²) in [5.41, 5.74) is 0.575. The van der Waals surface area contributed by atoms with Crippen LogP contribution in [0.15, 0.2) is 30.3 Å². The predicted octanol–water partition coefficient (Wildman–Crippen LogP) is 5.14. The van der Waals surface area contributed by atoms with E-state index in [-0.39, 0.29) is 11.5 Å². The lowest BCUT2D eigenvalue weighted by atomic mass is 9.64. The molecule has 1 aliphatic rings. The van der Waals surface area contributed by atoms with Gasteiger partial charge < -0.3 is 4.74 Å². The lowest BCUT2D eigenvalue weighted by molar-refractivity contribution is 0.00745. The lowest BCUT2D eigenvalue weighted by Crippen LogP contribution is -2.43. The van der Waals surface area contributed by atoms with Crippen molar-refractivity contribution in [1.82, 2.24) is 0 Å². The summed E-state index contributed by atoms with van der Waals surface area (Å²) in [5.74, 6) is 0.891. The Hall–Kier alpha value is -1.02. The van der Waals surface area contributed by atoms with Gasteiger partial charge in [-0.2, -0.15) is 0 Å². The summed E-state index contributed by atoms with van der Waals surface area (Å²) in [7, 11) is 0. The van der Waals surface area contributed by atoms with Gasteiger partial charge in [0.1, 0.15) is 6.10 Å². The van der Waals surface area contributed by atoms with E-state index in [4.69, 9.17) is 16.3 Å². The van der Waals surface area contributed by atoms with E-state index < -0.39 is 5.43 Å². The molecule has 3 atom stereocenters. The maximum absolute atomic E-state index is 11.2. The van der Waals surface area contributed by atoms with Gasteiger partial charge in [-0.15, -0.1) is 0 Å². The van der Waals surface area contributed by atoms with Crippen molar-refractivity contribution in [1.29, 1.82) is 0 Å². The average Bonchev–Trinajstić information content (AvgIpc) is 2.39. The Morgan fingerprint density at radius 3 is 2.50 bits per heavy atom. The number of hydrogen-bond acceptors (Lipinski definition) is 2. The number of hydrogen-bond donors (Lipinski definition) is 0. The minimum Gasteiger partial charge on any atom is -0.450 e. The van der Waals surface area contributed by atoms with Crippen LogP contribution in [-0.4, -0.2) is 11.5 Å². The zero-order valence-corrected chi connectivity index (χ0v) is 13.2. The first-order chi connectivity index (χ1) is 9.41. The molecule has 0 unspecified atom stereocenters. The highest BCUT2D eigenvalue weighted by Gasteiger charge is 2.41. The Kier molecular flexibility index (Phi) is 4.74. The van der Waals surface area contributed by atoms with E-state index in [1.165, 1.54) is 12.0 Å². The molecule has 1 aromatic rings. The van der Waals surface area contributed by atoms with Crippen LogP contribution in [0.1, 0.15) is 45.6 Å². The highest BCUT2D eigenvalue weighted by molar-refractivity contribution is 6.61. The van der Waals surface area contributed by atoms with E-state index in [9.17, 15) is 4.79 Å². The molecule has 0 heterocycles. The average molecular weight is 295 g/mol. The van der Waals surface area contributed by atoms with Crippen LogP contribution < -0.4 is 0 Å². The molecule has 2 rings (SSSR count). The molecule has 3 heteroatoms. The van der Waals surface area contributed by atoms with Crippen LogP contribution in [0.25, 0.3) is 0 Å². The highest BCUT2D eigenvalue weighted by atomic mass is 35.5. The fraction of sp³-hybridized carbons (Fsp3) is 0.588. The van der Waals surface area contributed by atoms with Crippen LogP contribution in [0.4, 0.5) is 4.79 Å². The van der Waals surface area contributed by atoms with Crippen molar-refractivity contribution in [3.63, 3.8) is 0 Å². The van der Waals surface area contributed by atoms with Gasteiger partial charge in [-0.1, -0.05) is 57.5 Å². The van der Waals surface area contributed by atoms with Crippen LogP contribution in [-0.2, 0) is 10.2 Å². The molecule has 0 aliphatic heterocycles. The second-order valence-electron chi connectivity index (χ2n) is 6.51. The molecule has 2 nitrogen and oxygen atoms in total. The quantitative estimate of drug-likeness (QED) is 0.721. The zero-order chi connectivity index (χ0) is 14.8. The minimum absolute atomic E-state index is 0.0294. The molecule has 0 amide bonds. The number of halogens is 1. The van der Waals surface area contributed by atoms with E-state index in [1.54, 1.807) is 0 Å². The normalized spacial score (nSPS) is 27.1. The Morgan fingerprint density at radius 1 is 1.25 bits per heavy atom. The van der Waals surface area contributed by atoms with E-state index in [0.717, 1.165) is 12.8 Å². The monoisotopic (exact) mass is 294 g/mol. The second kappa shape index (κ2) is 6.17. The molecule has 0 spiro atoms. The third kappa shape index (κ3) is 3.35. The van der Waals surface area contributed by atoms with E-state index in [2.05, 4.69) is 45.0 Å². The van der Waals surface area contributed by atoms with E-state index >= 15 is 0 Å². The molecule has 1 saturated carbocycles. The maximum atomic E-state index is 11.2. The van der Waals surface area contributed by atoms with Crippen LogP contribution in [0, 0.1) is 11.8 Å². The molecule has 20 heavy (non-hydrogen) atoms. The van der Waals surface area contributed by atoms with Crippen molar-refractivity contribution in [2.45, 2.75) is 51.6 Å². The van der Waals surface area contributed by atoms with Crippen molar-refractivity contribution in [2.75, 3.05) is 0 Å². The topological polar surface area (TPSA) is 26.3 Å². The molecule has 0 saturated heterocycles. The molecule has 0 aromatic heterocycles. The summed E-state index contributed by atoms with van der Waals surface area (Å²) < 4.78 is 5.41. The summed E-state index contributed by atoms with van der Waals surface area (Å²) in [5, 5.41) is 0. The molecule has 1 aliphatic carbocycles. The number of carbonyl (C=O) groups is 1. The molecular formula is C17H23ClO2. The molecule has 1 aromatic carbocycles. The Morgan fingerprint density at radius 2 is 1.90 bits per heavy atom. The van der Waals surface area contributed by atoms with E-state index in [1.807, 2.05) is 6.07 Å². The fourth-order valence-corrected chi connectivity index (χ4v) is 3.60. The van der Waals surface area contributed by atoms with Gasteiger partial charge in [0.25, 0.3) is 0 Å². The largest absolute Gasteiger partial charge is 0.450 e. The predicted molar refractivity (Wildman–Crippen MR) is 82.1 cm³/mol. The van der Waals surface area contributed by atoms with Gasteiger partial charge in [0, 0.05) is 17.5 Å². The smallest absolute Gasteiger partial charge is 0.404 e. The van der Waals surface area contributed by atoms with Crippen molar-refractivity contribution in [2.24, 2.45) is 11.8 Å². The Bertz CT molecular complexity index is 455. The minimum atomic E-state index is -0.682. The van der Waals surface area contributed by atoms with Crippen LogP contribution >= 0.6 is 11.6 Å². The second-order valence-corrected chi connectivity index (χ2v) is 6.81. The lowest BCUT2D eigenvalue weighted by Gasteiger charge is -2.43. The van der Waals surface area contributed by atoms with Gasteiger partial charge in [-0.3, -0.25) is 0 Å². The van der Waals surface area contributed by atoms with Crippen molar-refractivity contribution < 1.29 is 9.53 Å². The van der Waals surface area contributed by atoms with Gasteiger partial charge in [0.2, 0.25) is 0 Å². The molecule has 110 valence electrons. The molecule has 0 radical (unpaired) electrons. The SMILES string of the molecule is C[C@@H]1CC[C@@H](C(C)(C)c2ccccc2)[C@H](OC(=O)Cl)C1. The summed E-state index contributed by atoms with van der Waals surface area (Å²) >= 11 is 5.46. The first kappa shape index (κ1) is 15.4. The number of carbonyl (C=O) groups excluding carboxylic acids is 1. The zero-order valence-electron chi connectivity index (χ0n) is 12.4. The summed E-state index contributed by atoms with van der Waals surface area (Å²) in [6, 6.07) is 10.4. The number of benzene rings is 1. The summed E-state index contributed by atoms with van der Waals surface area (Å²) in [6.07, 6.45) is 3.06. The van der Waals surface area contributed by atoms with Crippen molar-refractivity contribution in [3.05, 3.63) is 35.9 Å². The molecule has 0 N–H and O–H groups in total. The Balaban J connectivity index is 2.25.